The molecule has 4 nitrogen and oxygen atoms in total. The van der Waals surface area contributed by atoms with Gasteiger partial charge in [-0.05, 0) is 56.7 Å². The standard InChI is InChI=1S/C29H61NO3S2/c31-22-28-34-26-17-13-9-5-1-3-7-11-15-20-30-21-19-25-33-24-16-12-8-4-2-6-10-14-18-27-35-29-23-32/h30-32H,1-29H2. The Bertz CT molecular complexity index is 333. The normalized spacial score (nSPS) is 11.5. The first-order valence-corrected chi connectivity index (χ1v) is 17.4. The van der Waals surface area contributed by atoms with Gasteiger partial charge in [0.1, 0.15) is 0 Å². The van der Waals surface area contributed by atoms with Gasteiger partial charge in [-0.25, -0.2) is 0 Å². The average Bonchev–Trinajstić information content (AvgIpc) is 2.87. The lowest BCUT2D eigenvalue weighted by molar-refractivity contribution is 0.127. The van der Waals surface area contributed by atoms with Gasteiger partial charge in [0.15, 0.2) is 0 Å². The molecule has 0 aromatic rings. The maximum absolute atomic E-state index is 8.74. The number of aliphatic hydroxyl groups excluding tert-OH is 2. The molecule has 0 aromatic carbocycles. The van der Waals surface area contributed by atoms with Crippen LogP contribution in [0.4, 0.5) is 0 Å². The second-order valence-corrected chi connectivity index (χ2v) is 12.2. The molecule has 212 valence electrons. The van der Waals surface area contributed by atoms with E-state index in [1.54, 1.807) is 0 Å². The van der Waals surface area contributed by atoms with Crippen LogP contribution >= 0.6 is 23.5 Å². The molecule has 0 fully saturated rings. The highest BCUT2D eigenvalue weighted by Crippen LogP contribution is 2.13. The molecule has 0 aliphatic heterocycles. The summed E-state index contributed by atoms with van der Waals surface area (Å²) in [6, 6.07) is 0. The molecule has 0 aliphatic rings. The van der Waals surface area contributed by atoms with E-state index in [4.69, 9.17) is 14.9 Å². The maximum atomic E-state index is 8.74. The summed E-state index contributed by atoms with van der Waals surface area (Å²) in [6.07, 6.45) is 25.6. The Morgan fingerprint density at radius 1 is 0.400 bits per heavy atom. The van der Waals surface area contributed by atoms with Gasteiger partial charge in [0.05, 0.1) is 13.2 Å². The lowest BCUT2D eigenvalue weighted by Crippen LogP contribution is -2.18. The second-order valence-electron chi connectivity index (χ2n) is 9.75. The van der Waals surface area contributed by atoms with Gasteiger partial charge in [-0.15, -0.1) is 0 Å². The van der Waals surface area contributed by atoms with Gasteiger partial charge in [-0.1, -0.05) is 89.9 Å². The summed E-state index contributed by atoms with van der Waals surface area (Å²) in [7, 11) is 0. The summed E-state index contributed by atoms with van der Waals surface area (Å²) in [4.78, 5) is 0. The first-order chi connectivity index (χ1) is 17.4. The number of thioether (sulfide) groups is 2. The molecule has 0 atom stereocenters. The Morgan fingerprint density at radius 3 is 1.26 bits per heavy atom. The fourth-order valence-electron chi connectivity index (χ4n) is 4.20. The molecule has 0 saturated carbocycles. The topological polar surface area (TPSA) is 61.7 Å². The molecular weight excluding hydrogens is 474 g/mol. The van der Waals surface area contributed by atoms with Crippen molar-refractivity contribution in [1.82, 2.24) is 5.32 Å². The van der Waals surface area contributed by atoms with Crippen LogP contribution in [0.2, 0.25) is 0 Å². The first-order valence-electron chi connectivity index (χ1n) is 15.1. The minimum Gasteiger partial charge on any atom is -0.396 e. The van der Waals surface area contributed by atoms with Crippen molar-refractivity contribution in [3.05, 3.63) is 0 Å². The van der Waals surface area contributed by atoms with Crippen molar-refractivity contribution in [2.45, 2.75) is 122 Å². The van der Waals surface area contributed by atoms with E-state index in [1.165, 1.54) is 127 Å². The molecule has 6 heteroatoms. The summed E-state index contributed by atoms with van der Waals surface area (Å²) >= 11 is 3.76. The molecule has 0 heterocycles. The monoisotopic (exact) mass is 535 g/mol. The van der Waals surface area contributed by atoms with Crippen LogP contribution in [0.3, 0.4) is 0 Å². The van der Waals surface area contributed by atoms with E-state index in [-0.39, 0.29) is 0 Å². The predicted octanol–water partition coefficient (Wildman–Crippen LogP) is 7.46. The van der Waals surface area contributed by atoms with E-state index in [9.17, 15) is 0 Å². The third-order valence-corrected chi connectivity index (χ3v) is 8.43. The number of unbranched alkanes of at least 4 members (excludes halogenated alkanes) is 16. The third-order valence-electron chi connectivity index (χ3n) is 6.33. The third kappa shape index (κ3) is 34.5. The number of hydrogen-bond acceptors (Lipinski definition) is 6. The molecule has 0 unspecified atom stereocenters. The van der Waals surface area contributed by atoms with E-state index in [0.717, 1.165) is 44.2 Å². The zero-order chi connectivity index (χ0) is 25.3. The van der Waals surface area contributed by atoms with Crippen LogP contribution in [0.25, 0.3) is 0 Å². The molecule has 0 aromatic heterocycles. The lowest BCUT2D eigenvalue weighted by Gasteiger charge is -2.07. The van der Waals surface area contributed by atoms with E-state index >= 15 is 0 Å². The Morgan fingerprint density at radius 2 is 0.771 bits per heavy atom. The van der Waals surface area contributed by atoms with Crippen LogP contribution in [-0.2, 0) is 4.74 Å². The number of nitrogens with one attached hydrogen (secondary N) is 1. The van der Waals surface area contributed by atoms with Crippen molar-refractivity contribution in [2.75, 3.05) is 62.5 Å². The SMILES string of the molecule is OCCSCCCCCCCCCCCNCCCOCCCCCCCCCCCSCCO. The van der Waals surface area contributed by atoms with E-state index in [0.29, 0.717) is 13.2 Å². The molecule has 0 spiro atoms. The first kappa shape index (κ1) is 35.5. The van der Waals surface area contributed by atoms with Crippen LogP contribution in [-0.4, -0.2) is 72.7 Å². The van der Waals surface area contributed by atoms with Crippen LogP contribution in [0.5, 0.6) is 0 Å². The van der Waals surface area contributed by atoms with Crippen molar-refractivity contribution in [2.24, 2.45) is 0 Å². The van der Waals surface area contributed by atoms with Gasteiger partial charge in [0.25, 0.3) is 0 Å². The molecule has 3 N–H and O–H groups in total. The summed E-state index contributed by atoms with van der Waals surface area (Å²) in [6.45, 7) is 4.75. The Hall–Kier alpha value is 0.540. The highest BCUT2D eigenvalue weighted by atomic mass is 32.2. The smallest absolute Gasteiger partial charge is 0.0521 e. The van der Waals surface area contributed by atoms with E-state index in [1.807, 2.05) is 23.5 Å². The van der Waals surface area contributed by atoms with Gasteiger partial charge in [-0.2, -0.15) is 23.5 Å². The fourth-order valence-corrected chi connectivity index (χ4v) is 5.68. The molecule has 0 aliphatic carbocycles. The molecular formula is C29H61NO3S2. The predicted molar refractivity (Wildman–Crippen MR) is 160 cm³/mol. The minimum absolute atomic E-state index is 0.322. The van der Waals surface area contributed by atoms with E-state index in [2.05, 4.69) is 5.32 Å². The molecule has 0 rings (SSSR count). The number of rotatable bonds is 32. The van der Waals surface area contributed by atoms with Gasteiger partial charge in [0, 0.05) is 24.7 Å². The molecule has 0 radical (unpaired) electrons. The summed E-state index contributed by atoms with van der Waals surface area (Å²) in [5.74, 6) is 4.23. The Balaban J connectivity index is 3.00. The van der Waals surface area contributed by atoms with Crippen molar-refractivity contribution in [3.63, 3.8) is 0 Å². The summed E-state index contributed by atoms with van der Waals surface area (Å²) in [5.41, 5.74) is 0. The highest BCUT2D eigenvalue weighted by molar-refractivity contribution is 7.99. The number of ether oxygens (including phenoxy) is 1. The summed E-state index contributed by atoms with van der Waals surface area (Å²) in [5, 5.41) is 21.1. The van der Waals surface area contributed by atoms with Crippen molar-refractivity contribution >= 4 is 23.5 Å². The van der Waals surface area contributed by atoms with Crippen molar-refractivity contribution < 1.29 is 14.9 Å². The van der Waals surface area contributed by atoms with Gasteiger partial charge >= 0.3 is 0 Å². The molecule has 35 heavy (non-hydrogen) atoms. The largest absolute Gasteiger partial charge is 0.396 e. The van der Waals surface area contributed by atoms with Crippen molar-refractivity contribution in [1.29, 1.82) is 0 Å². The van der Waals surface area contributed by atoms with Crippen LogP contribution in [0.15, 0.2) is 0 Å². The van der Waals surface area contributed by atoms with Gasteiger partial charge in [-0.3, -0.25) is 0 Å². The molecule has 0 saturated heterocycles. The van der Waals surface area contributed by atoms with Crippen molar-refractivity contribution in [3.8, 4) is 0 Å². The quantitative estimate of drug-likeness (QED) is 0.0777. The molecule has 0 bridgehead atoms. The average molecular weight is 536 g/mol. The zero-order valence-electron chi connectivity index (χ0n) is 23.1. The highest BCUT2D eigenvalue weighted by Gasteiger charge is 1.96. The minimum atomic E-state index is 0.322. The second kappa shape index (κ2) is 34.5. The van der Waals surface area contributed by atoms with Gasteiger partial charge in [0.2, 0.25) is 0 Å². The lowest BCUT2D eigenvalue weighted by atomic mass is 10.1. The Labute approximate surface area is 227 Å². The van der Waals surface area contributed by atoms with Crippen LogP contribution < -0.4 is 5.32 Å². The Kier molecular flexibility index (Phi) is 35.1. The number of hydrogen-bond donors (Lipinski definition) is 3. The van der Waals surface area contributed by atoms with Crippen LogP contribution in [0.1, 0.15) is 122 Å². The zero-order valence-corrected chi connectivity index (χ0v) is 24.8. The number of aliphatic hydroxyl groups is 2. The van der Waals surface area contributed by atoms with Crippen LogP contribution in [0, 0.1) is 0 Å². The van der Waals surface area contributed by atoms with Gasteiger partial charge < -0.3 is 20.3 Å². The summed E-state index contributed by atoms with van der Waals surface area (Å²) < 4.78 is 5.79. The fraction of sp³-hybridized carbons (Fsp3) is 1.00. The molecule has 0 amide bonds. The van der Waals surface area contributed by atoms with E-state index < -0.39 is 0 Å². The maximum Gasteiger partial charge on any atom is 0.0521 e.